The van der Waals surface area contributed by atoms with Crippen molar-refractivity contribution >= 4 is 24.0 Å². The normalized spacial score (nSPS) is 10.2. The molecular formula is C13H13NOS2. The van der Waals surface area contributed by atoms with Crippen LogP contribution in [0.25, 0.3) is 0 Å². The van der Waals surface area contributed by atoms with Gasteiger partial charge in [-0.3, -0.25) is 5.14 Å². The number of aryl methyl sites for hydroxylation is 1. The molecule has 0 unspecified atom stereocenters. The Morgan fingerprint density at radius 2 is 1.59 bits per heavy atom. The largest absolute Gasteiger partial charge is 0.421 e. The van der Waals surface area contributed by atoms with Crippen LogP contribution in [-0.4, -0.2) is 0 Å². The fourth-order valence-electron chi connectivity index (χ4n) is 1.30. The first kappa shape index (κ1) is 12.4. The summed E-state index contributed by atoms with van der Waals surface area (Å²) in [6.07, 6.45) is 0. The monoisotopic (exact) mass is 263 g/mol. The molecule has 0 bridgehead atoms. The van der Waals surface area contributed by atoms with E-state index < -0.39 is 0 Å². The van der Waals surface area contributed by atoms with Crippen molar-refractivity contribution < 1.29 is 4.18 Å². The minimum absolute atomic E-state index is 0.845. The van der Waals surface area contributed by atoms with E-state index in [1.807, 2.05) is 48.5 Å². The molecule has 88 valence electrons. The van der Waals surface area contributed by atoms with E-state index in [-0.39, 0.29) is 0 Å². The molecule has 2 aromatic carbocycles. The third-order valence-electron chi connectivity index (χ3n) is 2.22. The van der Waals surface area contributed by atoms with Crippen LogP contribution in [0.1, 0.15) is 5.56 Å². The van der Waals surface area contributed by atoms with E-state index in [0.29, 0.717) is 0 Å². The van der Waals surface area contributed by atoms with Crippen molar-refractivity contribution in [3.8, 4) is 5.75 Å². The van der Waals surface area contributed by atoms with E-state index in [0.717, 1.165) is 15.5 Å². The van der Waals surface area contributed by atoms with Gasteiger partial charge in [-0.2, -0.15) is 0 Å². The van der Waals surface area contributed by atoms with Crippen LogP contribution in [0.15, 0.2) is 58.3 Å². The summed E-state index contributed by atoms with van der Waals surface area (Å²) in [7, 11) is 0. The molecule has 0 aromatic heterocycles. The SMILES string of the molecule is Cc1ccc(OSc2ccccc2SN)cc1. The van der Waals surface area contributed by atoms with Gasteiger partial charge in [0.25, 0.3) is 0 Å². The van der Waals surface area contributed by atoms with Gasteiger partial charge in [0.2, 0.25) is 0 Å². The molecule has 0 heterocycles. The van der Waals surface area contributed by atoms with E-state index in [2.05, 4.69) is 6.92 Å². The predicted molar refractivity (Wildman–Crippen MR) is 74.2 cm³/mol. The zero-order valence-electron chi connectivity index (χ0n) is 9.42. The van der Waals surface area contributed by atoms with Gasteiger partial charge in [-0.1, -0.05) is 29.8 Å². The maximum absolute atomic E-state index is 5.64. The second-order valence-electron chi connectivity index (χ2n) is 3.54. The molecule has 0 atom stereocenters. The molecule has 0 spiro atoms. The Morgan fingerprint density at radius 1 is 0.941 bits per heavy atom. The Bertz CT molecular complexity index is 485. The summed E-state index contributed by atoms with van der Waals surface area (Å²) in [4.78, 5) is 2.05. The molecule has 0 aliphatic rings. The molecule has 0 radical (unpaired) electrons. The van der Waals surface area contributed by atoms with Crippen LogP contribution in [0, 0.1) is 6.92 Å². The molecule has 2 rings (SSSR count). The summed E-state index contributed by atoms with van der Waals surface area (Å²) in [5, 5.41) is 5.59. The van der Waals surface area contributed by atoms with Crippen LogP contribution in [-0.2, 0) is 0 Å². The molecule has 2 aromatic rings. The van der Waals surface area contributed by atoms with Crippen molar-refractivity contribution in [2.24, 2.45) is 5.14 Å². The summed E-state index contributed by atoms with van der Waals surface area (Å²) in [6.45, 7) is 2.05. The first-order chi connectivity index (χ1) is 8.29. The number of benzene rings is 2. The van der Waals surface area contributed by atoms with E-state index in [4.69, 9.17) is 9.32 Å². The number of nitrogens with two attached hydrogens (primary N) is 1. The van der Waals surface area contributed by atoms with Crippen molar-refractivity contribution in [3.05, 3.63) is 54.1 Å². The number of hydrogen-bond acceptors (Lipinski definition) is 4. The maximum Gasteiger partial charge on any atom is 0.137 e. The highest BCUT2D eigenvalue weighted by Crippen LogP contribution is 2.30. The molecular weight excluding hydrogens is 250 g/mol. The highest BCUT2D eigenvalue weighted by Gasteiger charge is 2.03. The summed E-state index contributed by atoms with van der Waals surface area (Å²) in [6, 6.07) is 15.9. The van der Waals surface area contributed by atoms with Gasteiger partial charge in [-0.25, -0.2) is 0 Å². The predicted octanol–water partition coefficient (Wildman–Crippen LogP) is 4.05. The molecule has 17 heavy (non-hydrogen) atoms. The number of hydrogen-bond donors (Lipinski definition) is 1. The zero-order chi connectivity index (χ0) is 12.1. The zero-order valence-corrected chi connectivity index (χ0v) is 11.1. The highest BCUT2D eigenvalue weighted by molar-refractivity contribution is 7.99. The molecule has 2 nitrogen and oxygen atoms in total. The second-order valence-corrected chi connectivity index (χ2v) is 4.99. The fraction of sp³-hybridized carbons (Fsp3) is 0.0769. The Hall–Kier alpha value is -1.10. The Labute approximate surface area is 110 Å². The van der Waals surface area contributed by atoms with Crippen molar-refractivity contribution in [2.45, 2.75) is 16.7 Å². The molecule has 0 fully saturated rings. The second kappa shape index (κ2) is 6.00. The number of rotatable bonds is 4. The standard InChI is InChI=1S/C13H13NOS2/c1-10-6-8-11(9-7-10)15-17-13-5-3-2-4-12(13)16-14/h2-9H,14H2,1H3. The van der Waals surface area contributed by atoms with Crippen molar-refractivity contribution in [1.29, 1.82) is 0 Å². The minimum atomic E-state index is 0.845. The van der Waals surface area contributed by atoms with E-state index in [1.54, 1.807) is 0 Å². The van der Waals surface area contributed by atoms with Gasteiger partial charge in [0.05, 0.1) is 16.9 Å². The Morgan fingerprint density at radius 3 is 2.24 bits per heavy atom. The van der Waals surface area contributed by atoms with Gasteiger partial charge in [0, 0.05) is 4.90 Å². The van der Waals surface area contributed by atoms with Gasteiger partial charge >= 0.3 is 0 Å². The van der Waals surface area contributed by atoms with Crippen molar-refractivity contribution in [1.82, 2.24) is 0 Å². The molecule has 0 aliphatic carbocycles. The average Bonchev–Trinajstić information content (AvgIpc) is 2.38. The fourth-order valence-corrected chi connectivity index (χ4v) is 2.47. The van der Waals surface area contributed by atoms with Gasteiger partial charge in [-0.15, -0.1) is 0 Å². The van der Waals surface area contributed by atoms with Gasteiger partial charge < -0.3 is 4.18 Å². The smallest absolute Gasteiger partial charge is 0.137 e. The summed E-state index contributed by atoms with van der Waals surface area (Å²) >= 11 is 2.56. The van der Waals surface area contributed by atoms with Gasteiger partial charge in [0.1, 0.15) is 5.75 Å². The molecule has 4 heteroatoms. The highest BCUT2D eigenvalue weighted by atomic mass is 32.2. The van der Waals surface area contributed by atoms with Crippen LogP contribution in [0.4, 0.5) is 0 Å². The molecule has 0 aliphatic heterocycles. The molecule has 0 saturated carbocycles. The topological polar surface area (TPSA) is 35.2 Å². The van der Waals surface area contributed by atoms with Crippen molar-refractivity contribution in [2.75, 3.05) is 0 Å². The molecule has 0 saturated heterocycles. The lowest BCUT2D eigenvalue weighted by molar-refractivity contribution is 0.644. The van der Waals surface area contributed by atoms with Crippen LogP contribution in [0.3, 0.4) is 0 Å². The van der Waals surface area contributed by atoms with E-state index in [1.165, 1.54) is 29.6 Å². The third-order valence-corrected chi connectivity index (χ3v) is 3.78. The Kier molecular flexibility index (Phi) is 4.36. The minimum Gasteiger partial charge on any atom is -0.421 e. The lowest BCUT2D eigenvalue weighted by Crippen LogP contribution is -1.87. The summed E-state index contributed by atoms with van der Waals surface area (Å²) in [5.41, 5.74) is 1.22. The first-order valence-corrected chi connectivity index (χ1v) is 6.78. The summed E-state index contributed by atoms with van der Waals surface area (Å²) in [5.74, 6) is 0.845. The van der Waals surface area contributed by atoms with Crippen LogP contribution in [0.5, 0.6) is 5.75 Å². The van der Waals surface area contributed by atoms with E-state index >= 15 is 0 Å². The van der Waals surface area contributed by atoms with Crippen LogP contribution >= 0.6 is 24.0 Å². The lowest BCUT2D eigenvalue weighted by atomic mass is 10.2. The molecule has 0 amide bonds. The summed E-state index contributed by atoms with van der Waals surface area (Å²) < 4.78 is 5.64. The van der Waals surface area contributed by atoms with E-state index in [9.17, 15) is 0 Å². The quantitative estimate of drug-likeness (QED) is 0.667. The Balaban J connectivity index is 2.04. The van der Waals surface area contributed by atoms with Gasteiger partial charge in [-0.05, 0) is 43.1 Å². The van der Waals surface area contributed by atoms with Gasteiger partial charge in [0.15, 0.2) is 0 Å². The van der Waals surface area contributed by atoms with Crippen LogP contribution < -0.4 is 9.32 Å². The molecule has 2 N–H and O–H groups in total. The first-order valence-electron chi connectivity index (χ1n) is 5.16. The lowest BCUT2D eigenvalue weighted by Gasteiger charge is -2.07. The van der Waals surface area contributed by atoms with Crippen LogP contribution in [0.2, 0.25) is 0 Å². The maximum atomic E-state index is 5.64. The third kappa shape index (κ3) is 3.43. The average molecular weight is 263 g/mol. The van der Waals surface area contributed by atoms with Crippen molar-refractivity contribution in [3.63, 3.8) is 0 Å².